The fourth-order valence-electron chi connectivity index (χ4n) is 3.41. The Labute approximate surface area is 167 Å². The maximum absolute atomic E-state index is 14.1. The van der Waals surface area contributed by atoms with Gasteiger partial charge in [0.15, 0.2) is 5.65 Å². The monoisotopic (exact) mass is 409 g/mol. The summed E-state index contributed by atoms with van der Waals surface area (Å²) in [5.74, 6) is -0.456. The first kappa shape index (κ1) is 17.7. The van der Waals surface area contributed by atoms with Gasteiger partial charge in [0, 0.05) is 36.4 Å². The van der Waals surface area contributed by atoms with Gasteiger partial charge in [-0.2, -0.15) is 10.2 Å². The van der Waals surface area contributed by atoms with Crippen molar-refractivity contribution in [1.82, 2.24) is 34.5 Å². The average molecular weight is 409 g/mol. The Kier molecular flexibility index (Phi) is 4.02. The minimum absolute atomic E-state index is 0.0282. The van der Waals surface area contributed by atoms with Crippen LogP contribution in [-0.2, 0) is 20.0 Å². The second kappa shape index (κ2) is 6.59. The van der Waals surface area contributed by atoms with E-state index in [1.54, 1.807) is 30.0 Å². The van der Waals surface area contributed by atoms with Crippen molar-refractivity contribution in [3.8, 4) is 0 Å². The van der Waals surface area contributed by atoms with E-state index < -0.39 is 5.82 Å². The maximum Gasteiger partial charge on any atom is 0.291 e. The van der Waals surface area contributed by atoms with Crippen LogP contribution in [0.3, 0.4) is 0 Å². The zero-order valence-electron chi connectivity index (χ0n) is 15.7. The second-order valence-electron chi connectivity index (χ2n) is 6.83. The molecule has 146 valence electrons. The van der Waals surface area contributed by atoms with E-state index in [4.69, 9.17) is 4.98 Å². The molecule has 8 nitrogen and oxygen atoms in total. The quantitative estimate of drug-likeness (QED) is 0.492. The van der Waals surface area contributed by atoms with Gasteiger partial charge in [-0.05, 0) is 25.1 Å². The van der Waals surface area contributed by atoms with Gasteiger partial charge in [0.1, 0.15) is 16.3 Å². The molecule has 0 spiro atoms. The van der Waals surface area contributed by atoms with Gasteiger partial charge in [-0.1, -0.05) is 0 Å². The van der Waals surface area contributed by atoms with Crippen molar-refractivity contribution in [2.45, 2.75) is 19.9 Å². The average Bonchev–Trinajstić information content (AvgIpc) is 3.40. The molecule has 5 aromatic rings. The first-order valence-corrected chi connectivity index (χ1v) is 9.77. The molecule has 0 bridgehead atoms. The fraction of sp³-hybridized carbons (Fsp3) is 0.211. The first-order valence-electron chi connectivity index (χ1n) is 8.95. The Hall–Kier alpha value is -3.40. The molecule has 0 fully saturated rings. The lowest BCUT2D eigenvalue weighted by Crippen LogP contribution is -2.25. The van der Waals surface area contributed by atoms with Crippen molar-refractivity contribution in [2.24, 2.45) is 7.05 Å². The number of H-pyrrole nitrogens is 1. The minimum Gasteiger partial charge on any atom is -0.323 e. The van der Waals surface area contributed by atoms with Crippen LogP contribution in [0.5, 0.6) is 0 Å². The van der Waals surface area contributed by atoms with E-state index in [0.29, 0.717) is 17.6 Å². The molecule has 0 atom stereocenters. The van der Waals surface area contributed by atoms with Crippen LogP contribution in [0.2, 0.25) is 0 Å². The molecule has 5 heterocycles. The number of rotatable bonds is 4. The minimum atomic E-state index is -0.456. The Balaban J connectivity index is 1.59. The number of hydrogen-bond acceptors (Lipinski definition) is 6. The number of halogens is 1. The molecule has 10 heteroatoms. The van der Waals surface area contributed by atoms with Crippen LogP contribution in [0, 0.1) is 12.7 Å². The zero-order chi connectivity index (χ0) is 20.1. The number of fused-ring (bicyclic) bond motifs is 3. The first-order chi connectivity index (χ1) is 14.0. The molecule has 29 heavy (non-hydrogen) atoms. The van der Waals surface area contributed by atoms with E-state index in [2.05, 4.69) is 20.3 Å². The standard InChI is InChI=1S/C19H16FN7OS/c1-10-3-4-13(20)14(23-10)9-27-19(28)16-12(8-22-27)17-18(26(16)2)24-15(29-17)7-11-5-6-21-25-11/h3-6,8H,7,9H2,1-2H3,(H,21,25). The third kappa shape index (κ3) is 2.92. The number of hydrogen-bond donors (Lipinski definition) is 1. The molecule has 5 rings (SSSR count). The van der Waals surface area contributed by atoms with Crippen LogP contribution < -0.4 is 5.56 Å². The van der Waals surface area contributed by atoms with Crippen LogP contribution in [0.1, 0.15) is 22.1 Å². The van der Waals surface area contributed by atoms with Crippen LogP contribution in [0.15, 0.2) is 35.4 Å². The molecule has 0 amide bonds. The van der Waals surface area contributed by atoms with E-state index in [1.807, 2.05) is 13.1 Å². The summed E-state index contributed by atoms with van der Waals surface area (Å²) in [6, 6.07) is 4.85. The molecule has 0 aromatic carbocycles. The van der Waals surface area contributed by atoms with Gasteiger partial charge in [0.05, 0.1) is 23.1 Å². The normalized spacial score (nSPS) is 11.7. The van der Waals surface area contributed by atoms with E-state index in [-0.39, 0.29) is 17.8 Å². The number of nitrogens with one attached hydrogen (secondary N) is 1. The van der Waals surface area contributed by atoms with Gasteiger partial charge in [-0.25, -0.2) is 14.1 Å². The molecule has 0 aliphatic heterocycles. The lowest BCUT2D eigenvalue weighted by molar-refractivity contribution is 0.558. The summed E-state index contributed by atoms with van der Waals surface area (Å²) in [6.45, 7) is 1.75. The van der Waals surface area contributed by atoms with Crippen molar-refractivity contribution < 1.29 is 4.39 Å². The van der Waals surface area contributed by atoms with Gasteiger partial charge in [0.25, 0.3) is 5.56 Å². The summed E-state index contributed by atoms with van der Waals surface area (Å²) in [5, 5.41) is 12.8. The summed E-state index contributed by atoms with van der Waals surface area (Å²) < 4.78 is 18.0. The maximum atomic E-state index is 14.1. The Morgan fingerprint density at radius 1 is 1.24 bits per heavy atom. The van der Waals surface area contributed by atoms with E-state index >= 15 is 0 Å². The number of thiazole rings is 1. The molecule has 5 aromatic heterocycles. The number of aromatic nitrogens is 7. The van der Waals surface area contributed by atoms with Crippen molar-refractivity contribution >= 4 is 32.6 Å². The fourth-order valence-corrected chi connectivity index (χ4v) is 4.54. The van der Waals surface area contributed by atoms with Gasteiger partial charge in [-0.15, -0.1) is 11.3 Å². The van der Waals surface area contributed by atoms with E-state index in [1.165, 1.54) is 22.1 Å². The van der Waals surface area contributed by atoms with Crippen molar-refractivity contribution in [3.05, 3.63) is 68.9 Å². The highest BCUT2D eigenvalue weighted by Gasteiger charge is 2.19. The summed E-state index contributed by atoms with van der Waals surface area (Å²) in [5.41, 5.74) is 2.78. The van der Waals surface area contributed by atoms with Crippen LogP contribution in [0.4, 0.5) is 4.39 Å². The Bertz CT molecular complexity index is 1410. The van der Waals surface area contributed by atoms with Gasteiger partial charge in [-0.3, -0.25) is 14.9 Å². The molecule has 1 N–H and O–H groups in total. The van der Waals surface area contributed by atoms with E-state index in [0.717, 1.165) is 26.4 Å². The molecular formula is C19H16FN7OS. The third-order valence-corrected chi connectivity index (χ3v) is 5.90. The van der Waals surface area contributed by atoms with Gasteiger partial charge in [0.2, 0.25) is 0 Å². The SMILES string of the molecule is Cc1ccc(F)c(Cn2ncc3c4sc(Cc5ccn[nH]5)nc4n(C)c3c2=O)n1. The molecular weight excluding hydrogens is 393 g/mol. The highest BCUT2D eigenvalue weighted by Crippen LogP contribution is 2.31. The van der Waals surface area contributed by atoms with Gasteiger partial charge < -0.3 is 4.57 Å². The molecule has 0 saturated carbocycles. The number of aryl methyl sites for hydroxylation is 2. The summed E-state index contributed by atoms with van der Waals surface area (Å²) >= 11 is 1.53. The molecule has 0 radical (unpaired) electrons. The highest BCUT2D eigenvalue weighted by molar-refractivity contribution is 7.19. The predicted octanol–water partition coefficient (Wildman–Crippen LogP) is 2.55. The number of pyridine rings is 1. The van der Waals surface area contributed by atoms with Crippen molar-refractivity contribution in [3.63, 3.8) is 0 Å². The summed E-state index contributed by atoms with van der Waals surface area (Å²) in [6.07, 6.45) is 3.99. The topological polar surface area (TPSA) is 94.3 Å². The summed E-state index contributed by atoms with van der Waals surface area (Å²) in [4.78, 5) is 21.9. The predicted molar refractivity (Wildman–Crippen MR) is 108 cm³/mol. The highest BCUT2D eigenvalue weighted by atomic mass is 32.1. The largest absolute Gasteiger partial charge is 0.323 e. The Morgan fingerprint density at radius 3 is 2.90 bits per heavy atom. The summed E-state index contributed by atoms with van der Waals surface area (Å²) in [7, 11) is 1.81. The van der Waals surface area contributed by atoms with Crippen LogP contribution in [-0.4, -0.2) is 34.5 Å². The van der Waals surface area contributed by atoms with Crippen molar-refractivity contribution in [2.75, 3.05) is 0 Å². The molecule has 0 saturated heterocycles. The van der Waals surface area contributed by atoms with Crippen LogP contribution >= 0.6 is 11.3 Å². The molecule has 0 unspecified atom stereocenters. The molecule has 0 aliphatic carbocycles. The zero-order valence-corrected chi connectivity index (χ0v) is 16.5. The number of nitrogens with zero attached hydrogens (tertiary/aromatic N) is 6. The third-order valence-electron chi connectivity index (χ3n) is 4.83. The number of aromatic amines is 1. The Morgan fingerprint density at radius 2 is 2.10 bits per heavy atom. The van der Waals surface area contributed by atoms with Gasteiger partial charge >= 0.3 is 0 Å². The van der Waals surface area contributed by atoms with Crippen molar-refractivity contribution in [1.29, 1.82) is 0 Å². The van der Waals surface area contributed by atoms with Crippen LogP contribution in [0.25, 0.3) is 21.3 Å². The lowest BCUT2D eigenvalue weighted by atomic mass is 10.3. The smallest absolute Gasteiger partial charge is 0.291 e. The lowest BCUT2D eigenvalue weighted by Gasteiger charge is -2.07. The second-order valence-corrected chi connectivity index (χ2v) is 7.91. The molecule has 0 aliphatic rings. The van der Waals surface area contributed by atoms with E-state index in [9.17, 15) is 9.18 Å².